The van der Waals surface area contributed by atoms with Crippen LogP contribution in [0.15, 0.2) is 12.3 Å². The lowest BCUT2D eigenvalue weighted by atomic mass is 10.0. The highest BCUT2D eigenvalue weighted by Gasteiger charge is 2.40. The zero-order valence-electron chi connectivity index (χ0n) is 12.9. The fourth-order valence-electron chi connectivity index (χ4n) is 3.35. The van der Waals surface area contributed by atoms with Gasteiger partial charge in [0.05, 0.1) is 12.1 Å². The van der Waals surface area contributed by atoms with Crippen molar-refractivity contribution in [1.82, 2.24) is 14.9 Å². The van der Waals surface area contributed by atoms with Crippen LogP contribution < -0.4 is 4.90 Å². The Kier molecular flexibility index (Phi) is 4.46. The molecule has 0 amide bonds. The maximum atomic E-state index is 12.8. The van der Waals surface area contributed by atoms with Crippen LogP contribution in [0, 0.1) is 0 Å². The van der Waals surface area contributed by atoms with Crippen molar-refractivity contribution in [3.05, 3.63) is 18.0 Å². The second-order valence-corrected chi connectivity index (χ2v) is 6.47. The number of halogens is 3. The Morgan fingerprint density at radius 1 is 1.17 bits per heavy atom. The first kappa shape index (κ1) is 16.4. The van der Waals surface area contributed by atoms with Crippen molar-refractivity contribution >= 4 is 5.95 Å². The molecule has 0 radical (unpaired) electrons. The second-order valence-electron chi connectivity index (χ2n) is 6.47. The Bertz CT molecular complexity index is 548. The van der Waals surface area contributed by atoms with Gasteiger partial charge in [0.15, 0.2) is 0 Å². The molecule has 2 aliphatic heterocycles. The van der Waals surface area contributed by atoms with E-state index < -0.39 is 17.5 Å². The van der Waals surface area contributed by atoms with Crippen molar-refractivity contribution in [3.63, 3.8) is 0 Å². The topological polar surface area (TPSA) is 52.5 Å². The number of alkyl halides is 3. The molecule has 128 valence electrons. The third kappa shape index (κ3) is 3.92. The van der Waals surface area contributed by atoms with Crippen LogP contribution in [0.25, 0.3) is 0 Å². The van der Waals surface area contributed by atoms with Gasteiger partial charge in [-0.25, -0.2) is 9.97 Å². The number of piperidine rings is 1. The van der Waals surface area contributed by atoms with Gasteiger partial charge < -0.3 is 14.9 Å². The summed E-state index contributed by atoms with van der Waals surface area (Å²) in [7, 11) is 0. The van der Waals surface area contributed by atoms with E-state index in [0.29, 0.717) is 19.5 Å². The van der Waals surface area contributed by atoms with Gasteiger partial charge in [0, 0.05) is 19.3 Å². The van der Waals surface area contributed by atoms with Crippen molar-refractivity contribution in [2.45, 2.75) is 37.5 Å². The summed E-state index contributed by atoms with van der Waals surface area (Å²) < 4.78 is 38.3. The summed E-state index contributed by atoms with van der Waals surface area (Å²) >= 11 is 0. The third-order valence-electron chi connectivity index (χ3n) is 4.52. The van der Waals surface area contributed by atoms with Gasteiger partial charge in [-0.2, -0.15) is 13.2 Å². The molecule has 5 nitrogen and oxygen atoms in total. The Labute approximate surface area is 133 Å². The van der Waals surface area contributed by atoms with E-state index in [1.54, 1.807) is 4.90 Å². The van der Waals surface area contributed by atoms with Gasteiger partial charge in [-0.15, -0.1) is 0 Å². The number of likely N-dealkylation sites (tertiary alicyclic amines) is 1. The number of aromatic nitrogens is 2. The van der Waals surface area contributed by atoms with Crippen LogP contribution in [0.4, 0.5) is 19.1 Å². The fourth-order valence-corrected chi connectivity index (χ4v) is 3.35. The van der Waals surface area contributed by atoms with Gasteiger partial charge in [-0.3, -0.25) is 0 Å². The molecule has 0 spiro atoms. The lowest BCUT2D eigenvalue weighted by Gasteiger charge is -2.33. The molecule has 1 atom stereocenters. The van der Waals surface area contributed by atoms with Gasteiger partial charge in [0.25, 0.3) is 0 Å². The first-order valence-corrected chi connectivity index (χ1v) is 7.96. The predicted octanol–water partition coefficient (Wildman–Crippen LogP) is 1.92. The van der Waals surface area contributed by atoms with E-state index in [9.17, 15) is 18.3 Å². The van der Waals surface area contributed by atoms with Crippen LogP contribution in [0.3, 0.4) is 0 Å². The zero-order valence-corrected chi connectivity index (χ0v) is 12.9. The van der Waals surface area contributed by atoms with Crippen LogP contribution >= 0.6 is 0 Å². The standard InChI is InChI=1S/C15H21F3N4O/c16-15(17,18)12-4-6-19-13(20-12)22-9-5-14(23,11-22)10-21-7-2-1-3-8-21/h4,6,23H,1-3,5,7-11H2/t14-/m0/s1. The Morgan fingerprint density at radius 3 is 2.61 bits per heavy atom. The zero-order chi connectivity index (χ0) is 16.5. The minimum atomic E-state index is -4.48. The highest BCUT2D eigenvalue weighted by molar-refractivity contribution is 5.34. The van der Waals surface area contributed by atoms with E-state index in [-0.39, 0.29) is 12.5 Å². The Morgan fingerprint density at radius 2 is 1.91 bits per heavy atom. The first-order valence-electron chi connectivity index (χ1n) is 7.96. The normalized spacial score (nSPS) is 26.7. The molecule has 0 aliphatic carbocycles. The van der Waals surface area contributed by atoms with E-state index in [0.717, 1.165) is 38.2 Å². The molecule has 23 heavy (non-hydrogen) atoms. The number of anilines is 1. The lowest BCUT2D eigenvalue weighted by Crippen LogP contribution is -2.46. The van der Waals surface area contributed by atoms with E-state index >= 15 is 0 Å². The number of aliphatic hydroxyl groups is 1. The average Bonchev–Trinajstić information content (AvgIpc) is 2.90. The number of β-amino-alcohol motifs (C(OH)–C–C–N with tert-alkyl or cyclic N) is 1. The molecule has 2 fully saturated rings. The molecular weight excluding hydrogens is 309 g/mol. The summed E-state index contributed by atoms with van der Waals surface area (Å²) in [5.74, 6) is 0.0365. The molecule has 3 rings (SSSR count). The largest absolute Gasteiger partial charge is 0.433 e. The summed E-state index contributed by atoms with van der Waals surface area (Å²) in [4.78, 5) is 11.4. The molecule has 8 heteroatoms. The van der Waals surface area contributed by atoms with Gasteiger partial charge in [0.2, 0.25) is 5.95 Å². The van der Waals surface area contributed by atoms with Crippen molar-refractivity contribution in [1.29, 1.82) is 0 Å². The Balaban J connectivity index is 1.67. The van der Waals surface area contributed by atoms with Gasteiger partial charge in [-0.1, -0.05) is 6.42 Å². The summed E-state index contributed by atoms with van der Waals surface area (Å²) in [5.41, 5.74) is -1.86. The molecule has 0 unspecified atom stereocenters. The van der Waals surface area contributed by atoms with E-state index in [1.807, 2.05) is 0 Å². The molecule has 1 aromatic heterocycles. The van der Waals surface area contributed by atoms with Gasteiger partial charge in [-0.05, 0) is 38.4 Å². The smallest absolute Gasteiger partial charge is 0.387 e. The lowest BCUT2D eigenvalue weighted by molar-refractivity contribution is -0.141. The molecule has 3 heterocycles. The highest BCUT2D eigenvalue weighted by Crippen LogP contribution is 2.30. The summed E-state index contributed by atoms with van der Waals surface area (Å²) in [6.45, 7) is 3.24. The number of hydrogen-bond acceptors (Lipinski definition) is 5. The van der Waals surface area contributed by atoms with Crippen molar-refractivity contribution in [3.8, 4) is 0 Å². The summed E-state index contributed by atoms with van der Waals surface area (Å²) in [5, 5.41) is 10.7. The van der Waals surface area contributed by atoms with Gasteiger partial charge >= 0.3 is 6.18 Å². The molecule has 0 bridgehead atoms. The number of hydrogen-bond donors (Lipinski definition) is 1. The van der Waals surface area contributed by atoms with Crippen LogP contribution in [-0.2, 0) is 6.18 Å². The SMILES string of the molecule is O[C@]1(CN2CCCCC2)CCN(c2nccc(C(F)(F)F)n2)C1. The first-order chi connectivity index (χ1) is 10.9. The molecule has 1 aromatic rings. The average molecular weight is 330 g/mol. The number of nitrogens with zero attached hydrogens (tertiary/aromatic N) is 4. The second kappa shape index (κ2) is 6.24. The monoisotopic (exact) mass is 330 g/mol. The van der Waals surface area contributed by atoms with Crippen LogP contribution in [0.2, 0.25) is 0 Å². The van der Waals surface area contributed by atoms with Crippen LogP contribution in [0.1, 0.15) is 31.4 Å². The molecule has 0 saturated carbocycles. The van der Waals surface area contributed by atoms with Crippen molar-refractivity contribution < 1.29 is 18.3 Å². The summed E-state index contributed by atoms with van der Waals surface area (Å²) in [6.07, 6.45) is 0.643. The quantitative estimate of drug-likeness (QED) is 0.918. The van der Waals surface area contributed by atoms with E-state index in [1.165, 1.54) is 6.42 Å². The van der Waals surface area contributed by atoms with Crippen molar-refractivity contribution in [2.24, 2.45) is 0 Å². The highest BCUT2D eigenvalue weighted by atomic mass is 19.4. The molecule has 2 aliphatic rings. The molecular formula is C15H21F3N4O. The maximum Gasteiger partial charge on any atom is 0.433 e. The Hall–Kier alpha value is -1.41. The molecule has 1 N–H and O–H groups in total. The van der Waals surface area contributed by atoms with E-state index in [2.05, 4.69) is 14.9 Å². The predicted molar refractivity (Wildman–Crippen MR) is 79.1 cm³/mol. The van der Waals surface area contributed by atoms with Crippen molar-refractivity contribution in [2.75, 3.05) is 37.6 Å². The van der Waals surface area contributed by atoms with Gasteiger partial charge in [0.1, 0.15) is 5.69 Å². The van der Waals surface area contributed by atoms with Crippen LogP contribution in [0.5, 0.6) is 0 Å². The minimum absolute atomic E-state index is 0.0365. The number of rotatable bonds is 3. The molecule has 2 saturated heterocycles. The fraction of sp³-hybridized carbons (Fsp3) is 0.733. The van der Waals surface area contributed by atoms with Crippen LogP contribution in [-0.4, -0.2) is 58.3 Å². The summed E-state index contributed by atoms with van der Waals surface area (Å²) in [6, 6.07) is 0.861. The van der Waals surface area contributed by atoms with E-state index in [4.69, 9.17) is 0 Å². The third-order valence-corrected chi connectivity index (χ3v) is 4.52. The maximum absolute atomic E-state index is 12.8. The minimum Gasteiger partial charge on any atom is -0.387 e. The molecule has 0 aromatic carbocycles.